The largest absolute Gasteiger partial charge is 0.451 e. The highest BCUT2D eigenvalue weighted by atomic mass is 16.5. The molecular formula is C19H22N4O6. The molecule has 1 aromatic carbocycles. The molecule has 10 nitrogen and oxygen atoms in total. The van der Waals surface area contributed by atoms with Crippen molar-refractivity contribution in [3.05, 3.63) is 35.4 Å². The van der Waals surface area contributed by atoms with Gasteiger partial charge in [-0.1, -0.05) is 24.3 Å². The average molecular weight is 402 g/mol. The number of urea groups is 2. The fraction of sp³-hybridized carbons (Fsp3) is 0.421. The third-order valence-corrected chi connectivity index (χ3v) is 5.08. The first-order valence-corrected chi connectivity index (χ1v) is 9.23. The van der Waals surface area contributed by atoms with E-state index in [0.29, 0.717) is 6.42 Å². The highest BCUT2D eigenvalue weighted by molar-refractivity contribution is 6.09. The molecule has 0 aromatic heterocycles. The Labute approximate surface area is 166 Å². The number of benzene rings is 1. The van der Waals surface area contributed by atoms with Crippen LogP contribution in [0.25, 0.3) is 0 Å². The molecule has 2 atom stereocenters. The molecular weight excluding hydrogens is 380 g/mol. The molecule has 154 valence electrons. The standard InChI is InChI=1S/C19H22N4O6/c1-11(15(25)21-17(27)20-2)29-14(24)10-23-16(26)19(22-18(23)28)9-5-7-12-6-3-4-8-13(12)19/h3-4,6,8,11H,5,7,9-10H2,1-2H3,(H,22,28)(H2,20,21,25,27)/t11-,19+/m1/s1. The van der Waals surface area contributed by atoms with Crippen LogP contribution in [0.15, 0.2) is 24.3 Å². The number of carbonyl (C=O) groups is 5. The number of esters is 1. The molecule has 2 aliphatic rings. The van der Waals surface area contributed by atoms with Crippen LogP contribution in [0.4, 0.5) is 9.59 Å². The molecule has 0 unspecified atom stereocenters. The molecule has 0 radical (unpaired) electrons. The highest BCUT2D eigenvalue weighted by Crippen LogP contribution is 2.39. The first kappa shape index (κ1) is 20.3. The zero-order chi connectivity index (χ0) is 21.2. The summed E-state index contributed by atoms with van der Waals surface area (Å²) in [7, 11) is 1.33. The Kier molecular flexibility index (Phi) is 5.53. The Hall–Kier alpha value is -3.43. The lowest BCUT2D eigenvalue weighted by Gasteiger charge is -2.33. The van der Waals surface area contributed by atoms with Crippen molar-refractivity contribution in [1.82, 2.24) is 20.9 Å². The van der Waals surface area contributed by atoms with Gasteiger partial charge in [-0.25, -0.2) is 9.59 Å². The van der Waals surface area contributed by atoms with Crippen molar-refractivity contribution in [3.63, 3.8) is 0 Å². The topological polar surface area (TPSA) is 134 Å². The Morgan fingerprint density at radius 3 is 2.72 bits per heavy atom. The summed E-state index contributed by atoms with van der Waals surface area (Å²) in [6.45, 7) is 0.646. The number of nitrogens with zero attached hydrogens (tertiary/aromatic N) is 1. The second kappa shape index (κ2) is 7.90. The molecule has 1 aliphatic carbocycles. The van der Waals surface area contributed by atoms with E-state index in [2.05, 4.69) is 10.6 Å². The van der Waals surface area contributed by atoms with Crippen LogP contribution in [-0.2, 0) is 31.1 Å². The van der Waals surface area contributed by atoms with Crippen molar-refractivity contribution in [2.24, 2.45) is 0 Å². The summed E-state index contributed by atoms with van der Waals surface area (Å²) in [4.78, 5) is 61.5. The molecule has 1 aromatic rings. The molecule has 1 spiro atoms. The van der Waals surface area contributed by atoms with Crippen molar-refractivity contribution in [3.8, 4) is 0 Å². The van der Waals surface area contributed by atoms with E-state index >= 15 is 0 Å². The molecule has 3 N–H and O–H groups in total. The van der Waals surface area contributed by atoms with Gasteiger partial charge in [0.1, 0.15) is 12.1 Å². The van der Waals surface area contributed by atoms with E-state index in [9.17, 15) is 24.0 Å². The third kappa shape index (κ3) is 3.78. The maximum atomic E-state index is 13.1. The fourth-order valence-corrected chi connectivity index (χ4v) is 3.65. The van der Waals surface area contributed by atoms with E-state index in [1.807, 2.05) is 17.4 Å². The molecule has 29 heavy (non-hydrogen) atoms. The number of fused-ring (bicyclic) bond motifs is 2. The maximum absolute atomic E-state index is 13.1. The van der Waals surface area contributed by atoms with E-state index in [0.717, 1.165) is 28.9 Å². The van der Waals surface area contributed by atoms with Crippen molar-refractivity contribution < 1.29 is 28.7 Å². The smallest absolute Gasteiger partial charge is 0.327 e. The van der Waals surface area contributed by atoms with E-state index in [-0.39, 0.29) is 0 Å². The predicted octanol–water partition coefficient (Wildman–Crippen LogP) is 0.157. The number of aryl methyl sites for hydroxylation is 1. The molecule has 1 heterocycles. The normalized spacial score (nSPS) is 21.2. The molecule has 3 rings (SSSR count). The Morgan fingerprint density at radius 2 is 2.00 bits per heavy atom. The molecule has 1 saturated heterocycles. The number of amides is 6. The Morgan fingerprint density at radius 1 is 1.28 bits per heavy atom. The van der Waals surface area contributed by atoms with Gasteiger partial charge in [-0.3, -0.25) is 24.6 Å². The van der Waals surface area contributed by atoms with Crippen molar-refractivity contribution >= 4 is 29.8 Å². The summed E-state index contributed by atoms with van der Waals surface area (Å²) in [6, 6.07) is 5.96. The third-order valence-electron chi connectivity index (χ3n) is 5.08. The van der Waals surface area contributed by atoms with Crippen molar-refractivity contribution in [2.45, 2.75) is 37.8 Å². The molecule has 0 saturated carbocycles. The highest BCUT2D eigenvalue weighted by Gasteiger charge is 2.54. The second-order valence-corrected chi connectivity index (χ2v) is 6.94. The lowest BCUT2D eigenvalue weighted by atomic mass is 9.76. The maximum Gasteiger partial charge on any atom is 0.327 e. The van der Waals surface area contributed by atoms with Gasteiger partial charge in [-0.2, -0.15) is 0 Å². The molecule has 10 heteroatoms. The number of ether oxygens (including phenoxy) is 1. The number of hydrogen-bond acceptors (Lipinski definition) is 6. The van der Waals surface area contributed by atoms with Crippen molar-refractivity contribution in [2.75, 3.05) is 13.6 Å². The number of rotatable bonds is 4. The van der Waals surface area contributed by atoms with Crippen LogP contribution in [0, 0.1) is 0 Å². The van der Waals surface area contributed by atoms with E-state index in [4.69, 9.17) is 4.74 Å². The summed E-state index contributed by atoms with van der Waals surface area (Å²) in [5.41, 5.74) is 0.532. The van der Waals surface area contributed by atoms with Gasteiger partial charge in [0.15, 0.2) is 6.10 Å². The summed E-state index contributed by atoms with van der Waals surface area (Å²) in [5.74, 6) is -2.28. The number of nitrogens with one attached hydrogen (secondary N) is 3. The number of imide groups is 2. The molecule has 1 fully saturated rings. The van der Waals surface area contributed by atoms with Crippen LogP contribution < -0.4 is 16.0 Å². The zero-order valence-electron chi connectivity index (χ0n) is 16.1. The van der Waals surface area contributed by atoms with Crippen molar-refractivity contribution in [1.29, 1.82) is 0 Å². The van der Waals surface area contributed by atoms with Gasteiger partial charge in [-0.15, -0.1) is 0 Å². The number of carbonyl (C=O) groups excluding carboxylic acids is 5. The van der Waals surface area contributed by atoms with Gasteiger partial charge in [0, 0.05) is 7.05 Å². The monoisotopic (exact) mass is 402 g/mol. The second-order valence-electron chi connectivity index (χ2n) is 6.94. The molecule has 6 amide bonds. The minimum absolute atomic E-state index is 0.436. The lowest BCUT2D eigenvalue weighted by molar-refractivity contribution is -0.156. The minimum atomic E-state index is -1.27. The van der Waals surface area contributed by atoms with Gasteiger partial charge in [0.25, 0.3) is 11.8 Å². The van der Waals surface area contributed by atoms with Crippen LogP contribution in [0.3, 0.4) is 0 Å². The fourth-order valence-electron chi connectivity index (χ4n) is 3.65. The first-order valence-electron chi connectivity index (χ1n) is 9.23. The number of hydrogen-bond donors (Lipinski definition) is 3. The summed E-state index contributed by atoms with van der Waals surface area (Å²) in [5, 5.41) is 6.91. The SMILES string of the molecule is CNC(=O)NC(=O)[C@@H](C)OC(=O)CN1C(=O)N[C@]2(CCCc3ccccc32)C1=O. The average Bonchev–Trinajstić information content (AvgIpc) is 2.92. The summed E-state index contributed by atoms with van der Waals surface area (Å²) in [6.07, 6.45) is 0.689. The molecule has 1 aliphatic heterocycles. The van der Waals surface area contributed by atoms with Gasteiger partial charge < -0.3 is 15.4 Å². The van der Waals surface area contributed by atoms with E-state index < -0.39 is 48.0 Å². The predicted molar refractivity (Wildman–Crippen MR) is 99.5 cm³/mol. The van der Waals surface area contributed by atoms with Gasteiger partial charge in [0.05, 0.1) is 0 Å². The quantitative estimate of drug-likeness (QED) is 0.485. The minimum Gasteiger partial charge on any atom is -0.451 e. The van der Waals surface area contributed by atoms with Gasteiger partial charge in [-0.05, 0) is 37.3 Å². The summed E-state index contributed by atoms with van der Waals surface area (Å²) >= 11 is 0. The Balaban J connectivity index is 1.69. The van der Waals surface area contributed by atoms with E-state index in [1.165, 1.54) is 14.0 Å². The first-order chi connectivity index (χ1) is 13.8. The van der Waals surface area contributed by atoms with Crippen LogP contribution in [0.5, 0.6) is 0 Å². The zero-order valence-corrected chi connectivity index (χ0v) is 16.1. The van der Waals surface area contributed by atoms with Crippen LogP contribution >= 0.6 is 0 Å². The lowest BCUT2D eigenvalue weighted by Crippen LogP contribution is -2.47. The van der Waals surface area contributed by atoms with Crippen LogP contribution in [-0.4, -0.2) is 54.4 Å². The van der Waals surface area contributed by atoms with E-state index in [1.54, 1.807) is 12.1 Å². The van der Waals surface area contributed by atoms with Gasteiger partial charge >= 0.3 is 18.0 Å². The molecule has 0 bridgehead atoms. The van der Waals surface area contributed by atoms with Gasteiger partial charge in [0.2, 0.25) is 0 Å². The summed E-state index contributed by atoms with van der Waals surface area (Å²) < 4.78 is 4.96. The van der Waals surface area contributed by atoms with Crippen LogP contribution in [0.1, 0.15) is 30.9 Å². The Bertz CT molecular complexity index is 885. The van der Waals surface area contributed by atoms with Crippen LogP contribution in [0.2, 0.25) is 0 Å².